The van der Waals surface area contributed by atoms with E-state index in [0.717, 1.165) is 12.1 Å². The van der Waals surface area contributed by atoms with E-state index in [9.17, 15) is 8.78 Å². The minimum absolute atomic E-state index is 0.00616. The second-order valence-corrected chi connectivity index (χ2v) is 4.63. The van der Waals surface area contributed by atoms with Crippen molar-refractivity contribution in [3.05, 3.63) is 40.2 Å². The normalized spacial score (nSPS) is 10.8. The van der Waals surface area contributed by atoms with Crippen LogP contribution in [0.1, 0.15) is 18.3 Å². The average molecular weight is 302 g/mol. The first-order valence-corrected chi connectivity index (χ1v) is 6.41. The van der Waals surface area contributed by atoms with Crippen LogP contribution in [0.2, 0.25) is 5.02 Å². The smallest absolute Gasteiger partial charge is 0.167 e. The van der Waals surface area contributed by atoms with Crippen molar-refractivity contribution in [1.82, 2.24) is 9.78 Å². The predicted octanol–water partition coefficient (Wildman–Crippen LogP) is 3.30. The van der Waals surface area contributed by atoms with E-state index >= 15 is 0 Å². The number of aromatic nitrogens is 2. The van der Waals surface area contributed by atoms with Gasteiger partial charge in [0.05, 0.1) is 22.1 Å². The molecule has 0 amide bonds. The van der Waals surface area contributed by atoms with Crippen molar-refractivity contribution < 1.29 is 13.5 Å². The Hall–Kier alpha value is -1.82. The van der Waals surface area contributed by atoms with Crippen LogP contribution in [0.4, 0.5) is 14.5 Å². The minimum atomic E-state index is -0.729. The van der Waals surface area contributed by atoms with Crippen molar-refractivity contribution in [2.24, 2.45) is 0 Å². The van der Waals surface area contributed by atoms with Crippen molar-refractivity contribution in [1.29, 1.82) is 0 Å². The van der Waals surface area contributed by atoms with Crippen molar-refractivity contribution in [2.75, 3.05) is 5.73 Å². The van der Waals surface area contributed by atoms with Gasteiger partial charge in [0, 0.05) is 18.7 Å². The minimum Gasteiger partial charge on any atom is -0.484 e. The number of benzene rings is 1. The summed E-state index contributed by atoms with van der Waals surface area (Å²) < 4.78 is 33.8. The maximum absolute atomic E-state index is 13.6. The molecule has 0 aliphatic rings. The number of nitrogens with two attached hydrogens (primary N) is 1. The van der Waals surface area contributed by atoms with Gasteiger partial charge in [0.1, 0.15) is 12.4 Å². The highest BCUT2D eigenvalue weighted by molar-refractivity contribution is 6.31. The lowest BCUT2D eigenvalue weighted by atomic mass is 10.3. The predicted molar refractivity (Wildman–Crippen MR) is 72.8 cm³/mol. The molecule has 0 saturated heterocycles. The first-order valence-electron chi connectivity index (χ1n) is 6.03. The molecule has 20 heavy (non-hydrogen) atoms. The highest BCUT2D eigenvalue weighted by Crippen LogP contribution is 2.26. The van der Waals surface area contributed by atoms with Gasteiger partial charge in [0.25, 0.3) is 0 Å². The van der Waals surface area contributed by atoms with Crippen LogP contribution in [-0.2, 0) is 13.2 Å². The molecule has 7 heteroatoms. The van der Waals surface area contributed by atoms with Gasteiger partial charge in [-0.05, 0) is 13.8 Å². The summed E-state index contributed by atoms with van der Waals surface area (Å²) in [5, 5.41) is 4.67. The molecule has 0 spiro atoms. The van der Waals surface area contributed by atoms with E-state index < -0.39 is 11.6 Å². The standard InChI is InChI=1S/C13H14ClF2N3O/c1-3-19-11(13(14)7(2)18-19)6-20-12-5-8(15)10(17)4-9(12)16/h4-5H,3,6,17H2,1-2H3. The molecule has 0 saturated carbocycles. The molecular weight excluding hydrogens is 288 g/mol. The summed E-state index contributed by atoms with van der Waals surface area (Å²) in [7, 11) is 0. The Balaban J connectivity index is 2.23. The van der Waals surface area contributed by atoms with Gasteiger partial charge >= 0.3 is 0 Å². The van der Waals surface area contributed by atoms with Gasteiger partial charge in [-0.3, -0.25) is 4.68 Å². The summed E-state index contributed by atoms with van der Waals surface area (Å²) in [6.07, 6.45) is 0. The van der Waals surface area contributed by atoms with Crippen LogP contribution in [0.3, 0.4) is 0 Å². The molecule has 0 fully saturated rings. The van der Waals surface area contributed by atoms with Crippen molar-refractivity contribution >= 4 is 17.3 Å². The molecule has 1 aromatic carbocycles. The van der Waals surface area contributed by atoms with Crippen LogP contribution < -0.4 is 10.5 Å². The van der Waals surface area contributed by atoms with Gasteiger partial charge in [-0.15, -0.1) is 0 Å². The number of hydrogen-bond acceptors (Lipinski definition) is 3. The van der Waals surface area contributed by atoms with Crippen molar-refractivity contribution in [3.8, 4) is 5.75 Å². The summed E-state index contributed by atoms with van der Waals surface area (Å²) in [4.78, 5) is 0. The first kappa shape index (κ1) is 14.6. The molecule has 1 heterocycles. The number of rotatable bonds is 4. The van der Waals surface area contributed by atoms with Crippen LogP contribution in [0.25, 0.3) is 0 Å². The lowest BCUT2D eigenvalue weighted by Gasteiger charge is -2.10. The number of aryl methyl sites for hydroxylation is 2. The van der Waals surface area contributed by atoms with Crippen LogP contribution in [-0.4, -0.2) is 9.78 Å². The van der Waals surface area contributed by atoms with E-state index in [-0.39, 0.29) is 18.0 Å². The molecule has 0 radical (unpaired) electrons. The fourth-order valence-corrected chi connectivity index (χ4v) is 2.00. The van der Waals surface area contributed by atoms with Gasteiger partial charge < -0.3 is 10.5 Å². The van der Waals surface area contributed by atoms with Gasteiger partial charge in [0.15, 0.2) is 11.6 Å². The van der Waals surface area contributed by atoms with E-state index in [2.05, 4.69) is 5.10 Å². The molecule has 0 bridgehead atoms. The topological polar surface area (TPSA) is 53.1 Å². The first-order chi connectivity index (χ1) is 9.43. The van der Waals surface area contributed by atoms with Crippen LogP contribution in [0.5, 0.6) is 5.75 Å². The number of ether oxygens (including phenoxy) is 1. The maximum atomic E-state index is 13.6. The third kappa shape index (κ3) is 2.70. The summed E-state index contributed by atoms with van der Waals surface area (Å²) in [5.41, 5.74) is 6.28. The quantitative estimate of drug-likeness (QED) is 0.882. The molecule has 2 N–H and O–H groups in total. The molecule has 0 unspecified atom stereocenters. The average Bonchev–Trinajstić information content (AvgIpc) is 2.68. The summed E-state index contributed by atoms with van der Waals surface area (Å²) in [5.74, 6) is -1.67. The third-order valence-corrected chi connectivity index (χ3v) is 3.36. The number of halogens is 3. The van der Waals surface area contributed by atoms with E-state index in [1.165, 1.54) is 0 Å². The Morgan fingerprint density at radius 2 is 2.05 bits per heavy atom. The number of anilines is 1. The molecule has 1 aromatic heterocycles. The lowest BCUT2D eigenvalue weighted by molar-refractivity contribution is 0.277. The fraction of sp³-hybridized carbons (Fsp3) is 0.308. The Kier molecular flexibility index (Phi) is 4.13. The van der Waals surface area contributed by atoms with E-state index in [1.807, 2.05) is 6.92 Å². The zero-order valence-electron chi connectivity index (χ0n) is 11.1. The highest BCUT2D eigenvalue weighted by atomic mass is 35.5. The third-order valence-electron chi connectivity index (χ3n) is 2.87. The summed E-state index contributed by atoms with van der Waals surface area (Å²) in [6, 6.07) is 1.80. The molecule has 108 valence electrons. The Bertz CT molecular complexity index is 643. The Labute approximate surface area is 120 Å². The van der Waals surface area contributed by atoms with Crippen LogP contribution >= 0.6 is 11.6 Å². The second kappa shape index (κ2) is 5.66. The van der Waals surface area contributed by atoms with E-state index in [0.29, 0.717) is 23.0 Å². The largest absolute Gasteiger partial charge is 0.484 e. The lowest BCUT2D eigenvalue weighted by Crippen LogP contribution is -2.07. The Morgan fingerprint density at radius 3 is 2.70 bits per heavy atom. The van der Waals surface area contributed by atoms with Gasteiger partial charge in [-0.2, -0.15) is 5.10 Å². The van der Waals surface area contributed by atoms with Crippen molar-refractivity contribution in [3.63, 3.8) is 0 Å². The Morgan fingerprint density at radius 1 is 1.35 bits per heavy atom. The van der Waals surface area contributed by atoms with Crippen LogP contribution in [0.15, 0.2) is 12.1 Å². The molecule has 2 aromatic rings. The zero-order valence-corrected chi connectivity index (χ0v) is 11.8. The fourth-order valence-electron chi connectivity index (χ4n) is 1.81. The maximum Gasteiger partial charge on any atom is 0.167 e. The summed E-state index contributed by atoms with van der Waals surface area (Å²) >= 11 is 6.10. The molecule has 4 nitrogen and oxygen atoms in total. The SMILES string of the molecule is CCn1nc(C)c(Cl)c1COc1cc(F)c(N)cc1F. The van der Waals surface area contributed by atoms with Crippen LogP contribution in [0, 0.1) is 18.6 Å². The molecule has 0 aliphatic heterocycles. The van der Waals surface area contributed by atoms with Gasteiger partial charge in [-0.1, -0.05) is 11.6 Å². The van der Waals surface area contributed by atoms with E-state index in [4.69, 9.17) is 22.1 Å². The second-order valence-electron chi connectivity index (χ2n) is 4.25. The van der Waals surface area contributed by atoms with Gasteiger partial charge in [-0.25, -0.2) is 8.78 Å². The van der Waals surface area contributed by atoms with Gasteiger partial charge in [0.2, 0.25) is 0 Å². The zero-order chi connectivity index (χ0) is 14.9. The molecule has 0 atom stereocenters. The molecule has 2 rings (SSSR count). The molecule has 0 aliphatic carbocycles. The number of nitrogen functional groups attached to an aromatic ring is 1. The molecular formula is C13H14ClF2N3O. The number of nitrogens with zero attached hydrogens (tertiary/aromatic N) is 2. The summed E-state index contributed by atoms with van der Waals surface area (Å²) in [6.45, 7) is 4.26. The number of hydrogen-bond donors (Lipinski definition) is 1. The highest BCUT2D eigenvalue weighted by Gasteiger charge is 2.15. The van der Waals surface area contributed by atoms with Crippen molar-refractivity contribution in [2.45, 2.75) is 27.0 Å². The van der Waals surface area contributed by atoms with E-state index in [1.54, 1.807) is 11.6 Å². The monoisotopic (exact) mass is 301 g/mol.